The van der Waals surface area contributed by atoms with Gasteiger partial charge in [-0.3, -0.25) is 59.8 Å². The molecule has 0 unspecified atom stereocenters. The van der Waals surface area contributed by atoms with E-state index >= 15 is 0 Å². The van der Waals surface area contributed by atoms with E-state index in [-0.39, 0.29) is 84.5 Å². The molecular formula is C82H62Cl10Ga2N12O4. The monoisotopic (exact) mass is 1770 g/mol. The smallest absolute Gasteiger partial charge is 1.00 e. The maximum Gasteiger partial charge on any atom is 3.00 e. The topological polar surface area (TPSA) is 247 Å². The van der Waals surface area contributed by atoms with Crippen LogP contribution in [0.1, 0.15) is 0 Å². The Kier molecular flexibility index (Phi) is 55.5. The molecule has 0 fully saturated rings. The Morgan fingerprint density at radius 2 is 0.291 bits per heavy atom. The Balaban J connectivity index is 0.000000604. The van der Waals surface area contributed by atoms with Crippen LogP contribution in [0.5, 0.6) is 23.0 Å². The van der Waals surface area contributed by atoms with Crippen LogP contribution in [0, 0.1) is 0 Å². The molecule has 5 aromatic carbocycles. The molecule has 28 heteroatoms. The second-order valence-electron chi connectivity index (χ2n) is 19.6. The van der Waals surface area contributed by atoms with Crippen LogP contribution < -0.4 is 45.2 Å². The molecule has 0 amide bonds. The molecule has 0 bridgehead atoms. The van der Waals surface area contributed by atoms with E-state index in [0.717, 1.165) is 43.6 Å². The fourth-order valence-electron chi connectivity index (χ4n) is 7.43. The predicted molar refractivity (Wildman–Crippen MR) is 437 cm³/mol. The molecule has 0 spiro atoms. The third kappa shape index (κ3) is 39.1. The standard InChI is InChI=1S/2C12H8N2.2C6H2Cl4O2.C6H6.8C5H5N.2ClH.2Ga/c2*1-3-9-5-6-10-4-2-8-14-12(10)11(9)13-7-1;2*7-1-2(8)4(10)6(12)5(11)3(1)9;9*1-2-4-6-5-3-1;;;;/h2*1-8H;2*11-12H;1-6H;8*1-5H;2*1H;;/q;;;;;;;;;;;;;;;2*+3/p-6. The van der Waals surface area contributed by atoms with Gasteiger partial charge < -0.3 is 45.2 Å². The van der Waals surface area contributed by atoms with Crippen molar-refractivity contribution in [3.63, 3.8) is 0 Å². The van der Waals surface area contributed by atoms with Crippen molar-refractivity contribution in [2.75, 3.05) is 0 Å². The normalized spacial score (nSPS) is 8.95. The quantitative estimate of drug-likeness (QED) is 0.0592. The van der Waals surface area contributed by atoms with Crippen LogP contribution in [0.15, 0.2) is 379 Å². The molecule has 0 saturated carbocycles. The van der Waals surface area contributed by atoms with E-state index in [1.54, 1.807) is 124 Å². The summed E-state index contributed by atoms with van der Waals surface area (Å²) in [6.45, 7) is 0. The zero-order valence-corrected chi connectivity index (χ0v) is 70.1. The number of nitrogens with zero attached hydrogens (tertiary/aromatic N) is 12. The molecule has 0 aliphatic carbocycles. The number of fused-ring (bicyclic) bond motifs is 6. The van der Waals surface area contributed by atoms with Gasteiger partial charge in [0.25, 0.3) is 0 Å². The van der Waals surface area contributed by atoms with Crippen LogP contribution in [-0.2, 0) is 0 Å². The Hall–Kier alpha value is -9.69. The molecule has 0 radical (unpaired) electrons. The second kappa shape index (κ2) is 62.1. The SMILES string of the molecule is [Cl-].[Cl-].[Ga+3].[Ga+3].[O-]c1c([O-])c(Cl)c(Cl)c(Cl)c1Cl.[O-]c1c([O-])c(Cl)c(Cl)c(Cl)c1Cl.c1ccccc1.c1ccncc1.c1ccncc1.c1ccncc1.c1ccncc1.c1ccncc1.c1ccncc1.c1ccncc1.c1ccncc1.c1cnc2c(c1)ccc1cccnc12.c1cnc2c(c1)ccc1cccnc12. The molecule has 17 rings (SSSR count). The minimum atomic E-state index is -0.934. The molecule has 17 aromatic rings. The molecule has 0 N–H and O–H groups in total. The van der Waals surface area contributed by atoms with E-state index < -0.39 is 43.1 Å². The van der Waals surface area contributed by atoms with E-state index in [1.807, 2.05) is 206 Å². The number of rotatable bonds is 0. The van der Waals surface area contributed by atoms with E-state index in [1.165, 1.54) is 0 Å². The third-order valence-corrected chi connectivity index (χ3v) is 15.8. The summed E-state index contributed by atoms with van der Waals surface area (Å²) in [6, 6.07) is 82.0. The van der Waals surface area contributed by atoms with Crippen LogP contribution in [0.4, 0.5) is 0 Å². The Bertz CT molecular complexity index is 3900. The van der Waals surface area contributed by atoms with Gasteiger partial charge in [0.1, 0.15) is 0 Å². The number of benzene rings is 5. The average molecular weight is 1770 g/mol. The Morgan fingerprint density at radius 1 is 0.164 bits per heavy atom. The summed E-state index contributed by atoms with van der Waals surface area (Å²) in [5.74, 6) is -3.74. The van der Waals surface area contributed by atoms with Gasteiger partial charge in [0, 0.05) is 145 Å². The molecule has 0 aliphatic heterocycles. The van der Waals surface area contributed by atoms with Gasteiger partial charge in [0.2, 0.25) is 0 Å². The van der Waals surface area contributed by atoms with Crippen molar-refractivity contribution in [1.29, 1.82) is 0 Å². The summed E-state index contributed by atoms with van der Waals surface area (Å²) in [7, 11) is 0. The number of halogens is 10. The van der Waals surface area contributed by atoms with E-state index in [4.69, 9.17) is 92.8 Å². The van der Waals surface area contributed by atoms with Gasteiger partial charge in [-0.1, -0.05) is 249 Å². The first-order valence-electron chi connectivity index (χ1n) is 31.2. The first kappa shape index (κ1) is 98.3. The molecule has 0 aliphatic rings. The van der Waals surface area contributed by atoms with E-state index in [2.05, 4.69) is 108 Å². The minimum absolute atomic E-state index is 0. The Labute approximate surface area is 716 Å². The van der Waals surface area contributed by atoms with Crippen molar-refractivity contribution in [3.05, 3.63) is 419 Å². The number of hydrogen-bond donors (Lipinski definition) is 0. The molecule has 0 saturated heterocycles. The molecule has 12 heterocycles. The van der Waals surface area contributed by atoms with Crippen molar-refractivity contribution < 1.29 is 45.2 Å². The fourth-order valence-corrected chi connectivity index (χ4v) is 9.06. The summed E-state index contributed by atoms with van der Waals surface area (Å²) < 4.78 is 0. The van der Waals surface area contributed by atoms with Gasteiger partial charge >= 0.3 is 39.6 Å². The minimum Gasteiger partial charge on any atom is -1.00 e. The van der Waals surface area contributed by atoms with E-state index in [9.17, 15) is 20.4 Å². The molecule has 550 valence electrons. The first-order valence-corrected chi connectivity index (χ1v) is 34.2. The van der Waals surface area contributed by atoms with Crippen molar-refractivity contribution in [2.45, 2.75) is 0 Å². The van der Waals surface area contributed by atoms with Crippen LogP contribution in [0.3, 0.4) is 0 Å². The van der Waals surface area contributed by atoms with Gasteiger partial charge in [-0.15, -0.1) is 0 Å². The summed E-state index contributed by atoms with van der Waals surface area (Å²) in [4.78, 5) is 47.7. The van der Waals surface area contributed by atoms with Crippen LogP contribution >= 0.6 is 92.8 Å². The van der Waals surface area contributed by atoms with Crippen LogP contribution in [0.2, 0.25) is 40.2 Å². The summed E-state index contributed by atoms with van der Waals surface area (Å²) in [6.07, 6.45) is 35.2. The average Bonchev–Trinajstić information content (AvgIpc) is 0.817. The number of hydrogen-bond acceptors (Lipinski definition) is 16. The van der Waals surface area contributed by atoms with Gasteiger partial charge in [0.15, 0.2) is 0 Å². The summed E-state index contributed by atoms with van der Waals surface area (Å²) in [5.41, 5.74) is 3.91. The van der Waals surface area contributed by atoms with Gasteiger partial charge in [0.05, 0.1) is 62.2 Å². The molecule has 12 aromatic heterocycles. The third-order valence-electron chi connectivity index (χ3n) is 12.3. The summed E-state index contributed by atoms with van der Waals surface area (Å²) >= 11 is 43.4. The maximum atomic E-state index is 10.9. The fraction of sp³-hybridized carbons (Fsp3) is 0. The van der Waals surface area contributed by atoms with Crippen molar-refractivity contribution in [3.8, 4) is 23.0 Å². The van der Waals surface area contributed by atoms with Crippen molar-refractivity contribution >= 4 is 176 Å². The Morgan fingerprint density at radius 3 is 0.400 bits per heavy atom. The summed E-state index contributed by atoms with van der Waals surface area (Å²) in [5, 5.41) is 45.8. The zero-order chi connectivity index (χ0) is 75.9. The predicted octanol–water partition coefficient (Wildman–Crippen LogP) is 14.0. The van der Waals surface area contributed by atoms with Gasteiger partial charge in [-0.25, -0.2) is 0 Å². The maximum absolute atomic E-state index is 10.9. The van der Waals surface area contributed by atoms with E-state index in [0.29, 0.717) is 0 Å². The van der Waals surface area contributed by atoms with Crippen molar-refractivity contribution in [1.82, 2.24) is 59.8 Å². The zero-order valence-electron chi connectivity index (χ0n) is 57.7. The number of aromatic nitrogens is 12. The molecule has 16 nitrogen and oxygen atoms in total. The van der Waals surface area contributed by atoms with Gasteiger partial charge in [-0.2, -0.15) is 0 Å². The molecular weight excluding hydrogens is 1710 g/mol. The van der Waals surface area contributed by atoms with Crippen LogP contribution in [0.25, 0.3) is 43.6 Å². The van der Waals surface area contributed by atoms with Crippen molar-refractivity contribution in [2.24, 2.45) is 0 Å². The largest absolute Gasteiger partial charge is 3.00 e. The number of pyridine rings is 12. The molecule has 0 atom stereocenters. The second-order valence-corrected chi connectivity index (χ2v) is 22.6. The van der Waals surface area contributed by atoms with Gasteiger partial charge in [-0.05, 0) is 121 Å². The van der Waals surface area contributed by atoms with Crippen LogP contribution in [-0.4, -0.2) is 99.4 Å². The molecule has 110 heavy (non-hydrogen) atoms. The first-order chi connectivity index (χ1) is 51.8.